The molecule has 0 aromatic carbocycles. The van der Waals surface area contributed by atoms with Gasteiger partial charge in [-0.05, 0) is 13.0 Å². The summed E-state index contributed by atoms with van der Waals surface area (Å²) in [4.78, 5) is 15.9. The van der Waals surface area contributed by atoms with Gasteiger partial charge in [0.05, 0.1) is 18.6 Å². The minimum Gasteiger partial charge on any atom is -0.472 e. The second-order valence-corrected chi connectivity index (χ2v) is 4.56. The number of hydrogen-bond acceptors (Lipinski definition) is 5. The minimum atomic E-state index is -0.200. The molecule has 2 rings (SSSR count). The smallest absolute Gasteiger partial charge is 0.271 e. The number of furan rings is 1. The first-order valence-electron chi connectivity index (χ1n) is 5.17. The lowest BCUT2D eigenvalue weighted by atomic mass is 10.3. The van der Waals surface area contributed by atoms with Crippen molar-refractivity contribution in [2.75, 3.05) is 0 Å². The topological polar surface area (TPSA) is 81.1 Å². The van der Waals surface area contributed by atoms with Crippen LogP contribution in [0.2, 0.25) is 0 Å². The van der Waals surface area contributed by atoms with Crippen molar-refractivity contribution in [3.8, 4) is 0 Å². The van der Waals surface area contributed by atoms with Crippen LogP contribution in [0.4, 0.5) is 0 Å². The first-order chi connectivity index (χ1) is 8.16. The minimum absolute atomic E-state index is 0.143. The van der Waals surface area contributed by atoms with E-state index in [-0.39, 0.29) is 11.9 Å². The molecule has 90 valence electrons. The van der Waals surface area contributed by atoms with Crippen molar-refractivity contribution >= 4 is 17.2 Å². The summed E-state index contributed by atoms with van der Waals surface area (Å²) >= 11 is 1.39. The van der Waals surface area contributed by atoms with Crippen LogP contribution < -0.4 is 11.1 Å². The Bertz CT molecular complexity index is 491. The molecule has 6 heteroatoms. The van der Waals surface area contributed by atoms with Gasteiger partial charge in [-0.2, -0.15) is 0 Å². The van der Waals surface area contributed by atoms with Gasteiger partial charge in [0.1, 0.15) is 10.7 Å². The van der Waals surface area contributed by atoms with Gasteiger partial charge in [0.25, 0.3) is 5.91 Å². The van der Waals surface area contributed by atoms with Gasteiger partial charge in [-0.15, -0.1) is 11.3 Å². The molecule has 17 heavy (non-hydrogen) atoms. The molecular formula is C11H13N3O2S. The average molecular weight is 251 g/mol. The Balaban J connectivity index is 1.95. The summed E-state index contributed by atoms with van der Waals surface area (Å²) in [6.45, 7) is 2.27. The van der Waals surface area contributed by atoms with Gasteiger partial charge in [-0.3, -0.25) is 4.79 Å². The van der Waals surface area contributed by atoms with Crippen LogP contribution in [0.15, 0.2) is 28.4 Å². The molecule has 0 aliphatic heterocycles. The number of carbonyl (C=O) groups is 1. The van der Waals surface area contributed by atoms with Gasteiger partial charge in [0.2, 0.25) is 0 Å². The molecule has 0 aliphatic rings. The molecule has 0 radical (unpaired) electrons. The molecule has 0 bridgehead atoms. The Hall–Kier alpha value is -1.66. The quantitative estimate of drug-likeness (QED) is 0.866. The van der Waals surface area contributed by atoms with E-state index < -0.39 is 0 Å². The molecule has 0 saturated carbocycles. The molecule has 0 fully saturated rings. The highest BCUT2D eigenvalue weighted by atomic mass is 32.1. The Morgan fingerprint density at radius 3 is 3.12 bits per heavy atom. The molecule has 1 amide bonds. The van der Waals surface area contributed by atoms with Crippen LogP contribution in [0.25, 0.3) is 0 Å². The van der Waals surface area contributed by atoms with Crippen LogP contribution in [0, 0.1) is 0 Å². The fraction of sp³-hybridized carbons (Fsp3) is 0.273. The lowest BCUT2D eigenvalue weighted by molar-refractivity contribution is 0.0946. The molecule has 2 aromatic heterocycles. The third-order valence-electron chi connectivity index (χ3n) is 2.18. The predicted molar refractivity (Wildman–Crippen MR) is 64.6 cm³/mol. The summed E-state index contributed by atoms with van der Waals surface area (Å²) in [7, 11) is 0. The van der Waals surface area contributed by atoms with Crippen molar-refractivity contribution in [2.24, 2.45) is 5.73 Å². The van der Waals surface area contributed by atoms with Crippen molar-refractivity contribution in [3.63, 3.8) is 0 Å². The normalized spacial score (nSPS) is 12.4. The molecule has 0 aliphatic carbocycles. The van der Waals surface area contributed by atoms with E-state index in [9.17, 15) is 4.79 Å². The number of thiazole rings is 1. The summed E-state index contributed by atoms with van der Waals surface area (Å²) in [5.74, 6) is -0.200. The number of nitrogens with one attached hydrogen (secondary N) is 1. The van der Waals surface area contributed by atoms with Crippen LogP contribution in [0.5, 0.6) is 0 Å². The lowest BCUT2D eigenvalue weighted by Gasteiger charge is -2.00. The highest BCUT2D eigenvalue weighted by Crippen LogP contribution is 2.15. The SMILES string of the molecule is CC(N)c1nc(C(=O)NCc2ccoc2)cs1. The number of nitrogens with zero attached hydrogens (tertiary/aromatic N) is 1. The highest BCUT2D eigenvalue weighted by Gasteiger charge is 2.12. The van der Waals surface area contributed by atoms with E-state index in [1.807, 2.05) is 6.92 Å². The lowest BCUT2D eigenvalue weighted by Crippen LogP contribution is -2.23. The zero-order valence-corrected chi connectivity index (χ0v) is 10.2. The molecule has 0 spiro atoms. The van der Waals surface area contributed by atoms with Gasteiger partial charge < -0.3 is 15.5 Å². The maximum atomic E-state index is 11.7. The Morgan fingerprint density at radius 1 is 1.71 bits per heavy atom. The third kappa shape index (κ3) is 2.92. The van der Waals surface area contributed by atoms with E-state index in [0.717, 1.165) is 10.6 Å². The zero-order valence-electron chi connectivity index (χ0n) is 9.34. The Labute approximate surface area is 103 Å². The molecule has 5 nitrogen and oxygen atoms in total. The highest BCUT2D eigenvalue weighted by molar-refractivity contribution is 7.09. The van der Waals surface area contributed by atoms with Gasteiger partial charge in [0, 0.05) is 17.5 Å². The first kappa shape index (κ1) is 11.8. The molecule has 1 unspecified atom stereocenters. The Morgan fingerprint density at radius 2 is 2.53 bits per heavy atom. The second kappa shape index (κ2) is 5.11. The first-order valence-corrected chi connectivity index (χ1v) is 6.05. The monoisotopic (exact) mass is 251 g/mol. The van der Waals surface area contributed by atoms with Crippen LogP contribution >= 0.6 is 11.3 Å². The van der Waals surface area contributed by atoms with E-state index in [2.05, 4.69) is 10.3 Å². The van der Waals surface area contributed by atoms with E-state index in [4.69, 9.17) is 10.2 Å². The molecule has 2 heterocycles. The summed E-state index contributed by atoms with van der Waals surface area (Å²) in [6.07, 6.45) is 3.16. The fourth-order valence-corrected chi connectivity index (χ4v) is 2.03. The molecule has 3 N–H and O–H groups in total. The van der Waals surface area contributed by atoms with Crippen LogP contribution in [0.1, 0.15) is 34.0 Å². The number of amides is 1. The summed E-state index contributed by atoms with van der Waals surface area (Å²) in [6, 6.07) is 1.66. The van der Waals surface area contributed by atoms with Gasteiger partial charge >= 0.3 is 0 Å². The Kier molecular flexibility index (Phi) is 3.55. The predicted octanol–water partition coefficient (Wildman–Crippen LogP) is 1.69. The fourth-order valence-electron chi connectivity index (χ4n) is 1.27. The molecule has 1 atom stereocenters. The largest absolute Gasteiger partial charge is 0.472 e. The van der Waals surface area contributed by atoms with E-state index in [0.29, 0.717) is 12.2 Å². The second-order valence-electron chi connectivity index (χ2n) is 3.67. The number of aromatic nitrogens is 1. The van der Waals surface area contributed by atoms with Gasteiger partial charge in [0.15, 0.2) is 0 Å². The summed E-state index contributed by atoms with van der Waals surface area (Å²) in [5, 5.41) is 5.23. The zero-order chi connectivity index (χ0) is 12.3. The average Bonchev–Trinajstić information content (AvgIpc) is 2.96. The van der Waals surface area contributed by atoms with E-state index in [1.165, 1.54) is 11.3 Å². The maximum absolute atomic E-state index is 11.7. The summed E-state index contributed by atoms with van der Waals surface area (Å²) < 4.78 is 4.91. The molecular weight excluding hydrogens is 238 g/mol. The number of nitrogens with two attached hydrogens (primary N) is 1. The van der Waals surface area contributed by atoms with Crippen LogP contribution in [0.3, 0.4) is 0 Å². The van der Waals surface area contributed by atoms with Crippen molar-refractivity contribution in [2.45, 2.75) is 19.5 Å². The van der Waals surface area contributed by atoms with Crippen molar-refractivity contribution in [1.82, 2.24) is 10.3 Å². The van der Waals surface area contributed by atoms with Gasteiger partial charge in [-0.1, -0.05) is 0 Å². The van der Waals surface area contributed by atoms with Crippen molar-refractivity contribution < 1.29 is 9.21 Å². The summed E-state index contributed by atoms with van der Waals surface area (Å²) in [5.41, 5.74) is 7.01. The maximum Gasteiger partial charge on any atom is 0.271 e. The molecule has 2 aromatic rings. The standard InChI is InChI=1S/C11H13N3O2S/c1-7(12)11-14-9(6-17-11)10(15)13-4-8-2-3-16-5-8/h2-3,5-7H,4,12H2,1H3,(H,13,15). The number of rotatable bonds is 4. The van der Waals surface area contributed by atoms with E-state index in [1.54, 1.807) is 24.0 Å². The van der Waals surface area contributed by atoms with Crippen LogP contribution in [-0.2, 0) is 6.54 Å². The van der Waals surface area contributed by atoms with E-state index >= 15 is 0 Å². The third-order valence-corrected chi connectivity index (χ3v) is 3.22. The molecule has 0 saturated heterocycles. The van der Waals surface area contributed by atoms with Crippen molar-refractivity contribution in [1.29, 1.82) is 0 Å². The number of carbonyl (C=O) groups excluding carboxylic acids is 1. The van der Waals surface area contributed by atoms with Crippen LogP contribution in [-0.4, -0.2) is 10.9 Å². The van der Waals surface area contributed by atoms with Crippen molar-refractivity contribution in [3.05, 3.63) is 40.2 Å². The van der Waals surface area contributed by atoms with Gasteiger partial charge in [-0.25, -0.2) is 4.98 Å². The number of hydrogen-bond donors (Lipinski definition) is 2.